The van der Waals surface area contributed by atoms with Crippen LogP contribution in [0, 0.1) is 0 Å². The minimum absolute atomic E-state index is 0.0958. The number of hydrogen-bond acceptors (Lipinski definition) is 6. The average molecular weight is 441 g/mol. The van der Waals surface area contributed by atoms with Crippen molar-refractivity contribution in [2.24, 2.45) is 0 Å². The van der Waals surface area contributed by atoms with Crippen molar-refractivity contribution >= 4 is 17.7 Å². The number of thioether (sulfide) groups is 1. The molecule has 0 aliphatic rings. The van der Waals surface area contributed by atoms with Crippen LogP contribution in [0.5, 0.6) is 11.5 Å². The van der Waals surface area contributed by atoms with Crippen LogP contribution >= 0.6 is 11.8 Å². The number of aromatic nitrogens is 3. The van der Waals surface area contributed by atoms with Gasteiger partial charge in [0.1, 0.15) is 18.1 Å². The van der Waals surface area contributed by atoms with E-state index in [1.165, 1.54) is 11.8 Å². The highest BCUT2D eigenvalue weighted by molar-refractivity contribution is 7.99. The minimum atomic E-state index is 0.0958. The van der Waals surface area contributed by atoms with Crippen LogP contribution in [0.25, 0.3) is 0 Å². The summed E-state index contributed by atoms with van der Waals surface area (Å²) in [6, 6.07) is 17.6. The Morgan fingerprint density at radius 2 is 1.77 bits per heavy atom. The van der Waals surface area contributed by atoms with Crippen molar-refractivity contribution in [3.05, 3.63) is 66.0 Å². The van der Waals surface area contributed by atoms with Gasteiger partial charge in [0.25, 0.3) is 0 Å². The molecule has 0 saturated carbocycles. The lowest BCUT2D eigenvalue weighted by molar-refractivity contribution is -0.127. The lowest BCUT2D eigenvalue weighted by atomic mass is 10.2. The number of methoxy groups -OCH3 is 1. The molecule has 0 aliphatic heterocycles. The smallest absolute Gasteiger partial charge is 0.233 e. The van der Waals surface area contributed by atoms with Gasteiger partial charge in [-0.05, 0) is 31.5 Å². The van der Waals surface area contributed by atoms with Crippen molar-refractivity contribution in [3.63, 3.8) is 0 Å². The Morgan fingerprint density at radius 3 is 2.48 bits per heavy atom. The van der Waals surface area contributed by atoms with Gasteiger partial charge >= 0.3 is 0 Å². The van der Waals surface area contributed by atoms with E-state index >= 15 is 0 Å². The lowest BCUT2D eigenvalue weighted by Crippen LogP contribution is -2.32. The molecule has 0 atom stereocenters. The molecule has 0 fully saturated rings. The summed E-state index contributed by atoms with van der Waals surface area (Å²) >= 11 is 1.40. The van der Waals surface area contributed by atoms with E-state index in [2.05, 4.69) is 22.3 Å². The highest BCUT2D eigenvalue weighted by Crippen LogP contribution is 2.22. The third-order valence-corrected chi connectivity index (χ3v) is 5.78. The fourth-order valence-electron chi connectivity index (χ4n) is 3.09. The van der Waals surface area contributed by atoms with Crippen LogP contribution in [0.15, 0.2) is 59.8 Å². The molecule has 1 amide bonds. The molecule has 2 aromatic carbocycles. The summed E-state index contributed by atoms with van der Waals surface area (Å²) in [4.78, 5) is 14.3. The Kier molecular flexibility index (Phi) is 8.35. The van der Waals surface area contributed by atoms with E-state index in [1.54, 1.807) is 7.11 Å². The van der Waals surface area contributed by atoms with Crippen LogP contribution in [-0.4, -0.2) is 51.5 Å². The third-order valence-electron chi connectivity index (χ3n) is 4.83. The van der Waals surface area contributed by atoms with Crippen LogP contribution < -0.4 is 9.47 Å². The molecule has 0 bridgehead atoms. The fraction of sp³-hybridized carbons (Fsp3) is 0.348. The average Bonchev–Trinajstić information content (AvgIpc) is 3.19. The zero-order valence-electron chi connectivity index (χ0n) is 18.2. The highest BCUT2D eigenvalue weighted by atomic mass is 32.2. The van der Waals surface area contributed by atoms with Gasteiger partial charge in [-0.2, -0.15) is 0 Å². The molecule has 0 aliphatic carbocycles. The molecule has 1 aromatic heterocycles. The Labute approximate surface area is 187 Å². The number of hydrogen-bond donors (Lipinski definition) is 0. The number of carbonyl (C=O) groups is 1. The van der Waals surface area contributed by atoms with E-state index in [9.17, 15) is 4.79 Å². The highest BCUT2D eigenvalue weighted by Gasteiger charge is 2.17. The number of rotatable bonds is 11. The maximum absolute atomic E-state index is 12.4. The fourth-order valence-corrected chi connectivity index (χ4v) is 3.95. The normalized spacial score (nSPS) is 10.7. The monoisotopic (exact) mass is 440 g/mol. The molecule has 0 unspecified atom stereocenters. The summed E-state index contributed by atoms with van der Waals surface area (Å²) in [6.45, 7) is 6.23. The van der Waals surface area contributed by atoms with Gasteiger partial charge in [0.05, 0.1) is 19.4 Å². The first-order valence-electron chi connectivity index (χ1n) is 10.3. The zero-order chi connectivity index (χ0) is 22.1. The van der Waals surface area contributed by atoms with Gasteiger partial charge in [0, 0.05) is 19.2 Å². The number of carbonyl (C=O) groups excluding carboxylic acids is 1. The van der Waals surface area contributed by atoms with Crippen molar-refractivity contribution in [2.45, 2.75) is 32.2 Å². The maximum atomic E-state index is 12.4. The number of ether oxygens (including phenoxy) is 2. The second-order valence-corrected chi connectivity index (χ2v) is 7.74. The largest absolute Gasteiger partial charge is 0.497 e. The van der Waals surface area contributed by atoms with Crippen molar-refractivity contribution in [3.8, 4) is 11.5 Å². The number of nitrogens with zero attached hydrogens (tertiary/aromatic N) is 4. The van der Waals surface area contributed by atoms with E-state index in [4.69, 9.17) is 9.47 Å². The maximum Gasteiger partial charge on any atom is 0.233 e. The van der Waals surface area contributed by atoms with Crippen molar-refractivity contribution in [1.82, 2.24) is 19.7 Å². The summed E-state index contributed by atoms with van der Waals surface area (Å²) in [7, 11) is 1.62. The molecule has 0 saturated heterocycles. The van der Waals surface area contributed by atoms with E-state index in [1.807, 2.05) is 65.8 Å². The van der Waals surface area contributed by atoms with Crippen LogP contribution in [0.3, 0.4) is 0 Å². The predicted octanol–water partition coefficient (Wildman–Crippen LogP) is 3.87. The molecule has 0 N–H and O–H groups in total. The molecular weight excluding hydrogens is 412 g/mol. The first-order chi connectivity index (χ1) is 15.1. The van der Waals surface area contributed by atoms with E-state index in [0.29, 0.717) is 42.1 Å². The summed E-state index contributed by atoms with van der Waals surface area (Å²) in [6.07, 6.45) is 0. The van der Waals surface area contributed by atoms with E-state index < -0.39 is 0 Å². The molecule has 0 spiro atoms. The molecule has 0 radical (unpaired) electrons. The second kappa shape index (κ2) is 11.4. The standard InChI is InChI=1S/C23H28N4O3S/c1-4-26(5-2)22(28)17-31-23-25-24-21(27(23)15-18-10-7-6-8-11-18)16-30-20-13-9-12-19(14-20)29-3/h6-14H,4-5,15-17H2,1-3H3. The topological polar surface area (TPSA) is 69.5 Å². The lowest BCUT2D eigenvalue weighted by Gasteiger charge is -2.18. The minimum Gasteiger partial charge on any atom is -0.497 e. The van der Waals surface area contributed by atoms with Crippen molar-refractivity contribution < 1.29 is 14.3 Å². The molecule has 8 heteroatoms. The first kappa shape index (κ1) is 22.7. The molecule has 31 heavy (non-hydrogen) atoms. The molecule has 164 valence electrons. The second-order valence-electron chi connectivity index (χ2n) is 6.79. The predicted molar refractivity (Wildman–Crippen MR) is 122 cm³/mol. The summed E-state index contributed by atoms with van der Waals surface area (Å²) in [5, 5.41) is 9.39. The van der Waals surface area contributed by atoms with Gasteiger partial charge in [-0.25, -0.2) is 0 Å². The van der Waals surface area contributed by atoms with Gasteiger partial charge in [-0.15, -0.1) is 10.2 Å². The number of benzene rings is 2. The van der Waals surface area contributed by atoms with E-state index in [0.717, 1.165) is 11.3 Å². The Morgan fingerprint density at radius 1 is 1.03 bits per heavy atom. The number of amides is 1. The zero-order valence-corrected chi connectivity index (χ0v) is 19.0. The Bertz CT molecular complexity index is 974. The summed E-state index contributed by atoms with van der Waals surface area (Å²) < 4.78 is 13.2. The third kappa shape index (κ3) is 6.24. The quantitative estimate of drug-likeness (QED) is 0.422. The van der Waals surface area contributed by atoms with Gasteiger partial charge in [0.2, 0.25) is 5.91 Å². The van der Waals surface area contributed by atoms with Crippen molar-refractivity contribution in [1.29, 1.82) is 0 Å². The SMILES string of the molecule is CCN(CC)C(=O)CSc1nnc(COc2cccc(OC)c2)n1Cc1ccccc1. The molecule has 3 aromatic rings. The molecule has 1 heterocycles. The van der Waals surface area contributed by atoms with Crippen molar-refractivity contribution in [2.75, 3.05) is 26.0 Å². The van der Waals surface area contributed by atoms with E-state index in [-0.39, 0.29) is 12.5 Å². The molecule has 3 rings (SSSR count). The summed E-state index contributed by atoms with van der Waals surface area (Å²) in [5.41, 5.74) is 1.13. The van der Waals surface area contributed by atoms with Crippen LogP contribution in [0.4, 0.5) is 0 Å². The Balaban J connectivity index is 1.77. The van der Waals surface area contributed by atoms with Gasteiger partial charge in [0.15, 0.2) is 11.0 Å². The van der Waals surface area contributed by atoms with Gasteiger partial charge in [-0.3, -0.25) is 9.36 Å². The van der Waals surface area contributed by atoms with Crippen LogP contribution in [0.2, 0.25) is 0 Å². The summed E-state index contributed by atoms with van der Waals surface area (Å²) in [5.74, 6) is 2.54. The molecular formula is C23H28N4O3S. The van der Waals surface area contributed by atoms with Crippen LogP contribution in [0.1, 0.15) is 25.2 Å². The Hall–Kier alpha value is -3.00. The van der Waals surface area contributed by atoms with Gasteiger partial charge in [-0.1, -0.05) is 48.2 Å². The van der Waals surface area contributed by atoms with Crippen LogP contribution in [-0.2, 0) is 17.9 Å². The molecule has 7 nitrogen and oxygen atoms in total. The first-order valence-corrected chi connectivity index (χ1v) is 11.3. The van der Waals surface area contributed by atoms with Gasteiger partial charge < -0.3 is 14.4 Å².